The van der Waals surface area contributed by atoms with Crippen LogP contribution >= 0.6 is 23.1 Å². The van der Waals surface area contributed by atoms with Gasteiger partial charge in [-0.1, -0.05) is 12.1 Å². The minimum Gasteiger partial charge on any atom is -0.398 e. The maximum atomic E-state index is 11.8. The lowest BCUT2D eigenvalue weighted by Gasteiger charge is -2.07. The minimum atomic E-state index is -3.29. The number of para-hydroxylation sites is 1. The lowest BCUT2D eigenvalue weighted by Crippen LogP contribution is -2.17. The van der Waals surface area contributed by atoms with E-state index < -0.39 is 10.0 Å². The van der Waals surface area contributed by atoms with Crippen LogP contribution < -0.4 is 10.5 Å². The highest BCUT2D eigenvalue weighted by Crippen LogP contribution is 2.24. The van der Waals surface area contributed by atoms with Gasteiger partial charge in [0, 0.05) is 21.7 Å². The van der Waals surface area contributed by atoms with Crippen molar-refractivity contribution in [2.24, 2.45) is 0 Å². The van der Waals surface area contributed by atoms with E-state index in [0.29, 0.717) is 17.1 Å². The Morgan fingerprint density at radius 2 is 2.05 bits per heavy atom. The van der Waals surface area contributed by atoms with Crippen LogP contribution in [0.15, 0.2) is 46.0 Å². The predicted molar refractivity (Wildman–Crippen MR) is 83.3 cm³/mol. The Morgan fingerprint density at radius 1 is 1.26 bits per heavy atom. The van der Waals surface area contributed by atoms with Gasteiger partial charge in [-0.3, -0.25) is 4.72 Å². The Morgan fingerprint density at radius 3 is 2.74 bits per heavy atom. The van der Waals surface area contributed by atoms with Gasteiger partial charge in [-0.25, -0.2) is 8.42 Å². The Kier molecular flexibility index (Phi) is 4.73. The van der Waals surface area contributed by atoms with Crippen molar-refractivity contribution in [3.63, 3.8) is 0 Å². The number of anilines is 2. The van der Waals surface area contributed by atoms with Crippen LogP contribution in [0.3, 0.4) is 0 Å². The quantitative estimate of drug-likeness (QED) is 0.635. The molecule has 0 aliphatic carbocycles. The number of benzene rings is 1. The number of rotatable bonds is 6. The first kappa shape index (κ1) is 14.2. The number of sulfonamides is 1. The van der Waals surface area contributed by atoms with Crippen molar-refractivity contribution >= 4 is 44.5 Å². The molecule has 0 bridgehead atoms. The van der Waals surface area contributed by atoms with Gasteiger partial charge in [0.05, 0.1) is 11.4 Å². The number of nitrogen functional groups attached to an aromatic ring is 1. The van der Waals surface area contributed by atoms with Crippen molar-refractivity contribution in [1.29, 1.82) is 0 Å². The van der Waals surface area contributed by atoms with E-state index in [1.54, 1.807) is 17.5 Å². The van der Waals surface area contributed by atoms with Gasteiger partial charge < -0.3 is 5.73 Å². The average Bonchev–Trinajstić information content (AvgIpc) is 2.83. The number of hydrogen-bond acceptors (Lipinski definition) is 5. The molecule has 7 heteroatoms. The molecule has 0 saturated carbocycles. The molecular formula is C12H14N2O2S3. The summed E-state index contributed by atoms with van der Waals surface area (Å²) in [7, 11) is -3.29. The van der Waals surface area contributed by atoms with E-state index in [2.05, 4.69) is 4.72 Å². The molecule has 1 aromatic carbocycles. The summed E-state index contributed by atoms with van der Waals surface area (Å²) in [5.74, 6) is 0.523. The van der Waals surface area contributed by atoms with Gasteiger partial charge in [-0.2, -0.15) is 11.3 Å². The molecule has 0 aliphatic heterocycles. The predicted octanol–water partition coefficient (Wildman–Crippen LogP) is 2.86. The Labute approximate surface area is 121 Å². The second kappa shape index (κ2) is 6.31. The second-order valence-corrected chi connectivity index (χ2v) is 7.58. The van der Waals surface area contributed by atoms with E-state index in [1.807, 2.05) is 23.6 Å². The van der Waals surface area contributed by atoms with Gasteiger partial charge >= 0.3 is 0 Å². The molecule has 0 spiro atoms. The lowest BCUT2D eigenvalue weighted by molar-refractivity contribution is 0.602. The van der Waals surface area contributed by atoms with Crippen LogP contribution in [0.2, 0.25) is 0 Å². The molecule has 4 nitrogen and oxygen atoms in total. The van der Waals surface area contributed by atoms with Gasteiger partial charge in [-0.05, 0) is 23.6 Å². The molecule has 1 heterocycles. The Bertz CT molecular complexity index is 624. The first-order chi connectivity index (χ1) is 9.07. The number of hydrogen-bond donors (Lipinski definition) is 2. The zero-order chi connectivity index (χ0) is 13.7. The number of thioether (sulfide) groups is 1. The van der Waals surface area contributed by atoms with Crippen molar-refractivity contribution in [3.8, 4) is 0 Å². The maximum Gasteiger partial charge on any atom is 0.233 e. The van der Waals surface area contributed by atoms with Crippen LogP contribution in [-0.4, -0.2) is 19.9 Å². The maximum absolute atomic E-state index is 11.8. The van der Waals surface area contributed by atoms with E-state index in [9.17, 15) is 8.42 Å². The van der Waals surface area contributed by atoms with Crippen LogP contribution in [-0.2, 0) is 10.0 Å². The fourth-order valence-electron chi connectivity index (χ4n) is 1.43. The summed E-state index contributed by atoms with van der Waals surface area (Å²) in [5.41, 5.74) is 7.09. The third-order valence-corrected chi connectivity index (χ3v) is 5.64. The SMILES string of the molecule is Nc1ccccc1SCCS(=O)(=O)Nc1ccsc1. The number of nitrogens with two attached hydrogens (primary N) is 1. The zero-order valence-electron chi connectivity index (χ0n) is 10.1. The zero-order valence-corrected chi connectivity index (χ0v) is 12.5. The summed E-state index contributed by atoms with van der Waals surface area (Å²) in [6.45, 7) is 0. The largest absolute Gasteiger partial charge is 0.398 e. The van der Waals surface area contributed by atoms with Gasteiger partial charge in [0.2, 0.25) is 10.0 Å². The smallest absolute Gasteiger partial charge is 0.233 e. The molecule has 2 aromatic rings. The molecule has 0 unspecified atom stereocenters. The summed E-state index contributed by atoms with van der Waals surface area (Å²) in [6, 6.07) is 9.18. The molecule has 0 fully saturated rings. The van der Waals surface area contributed by atoms with Crippen molar-refractivity contribution in [2.75, 3.05) is 22.0 Å². The molecule has 0 aliphatic rings. The van der Waals surface area contributed by atoms with Crippen LogP contribution in [0.5, 0.6) is 0 Å². The summed E-state index contributed by atoms with van der Waals surface area (Å²) >= 11 is 2.90. The normalized spacial score (nSPS) is 11.4. The first-order valence-corrected chi connectivity index (χ1v) is 9.15. The van der Waals surface area contributed by atoms with Crippen LogP contribution in [0, 0.1) is 0 Å². The molecule has 3 N–H and O–H groups in total. The van der Waals surface area contributed by atoms with Gasteiger partial charge in [0.25, 0.3) is 0 Å². The molecule has 1 aromatic heterocycles. The number of nitrogens with one attached hydrogen (secondary N) is 1. The monoisotopic (exact) mass is 314 g/mol. The van der Waals surface area contributed by atoms with Crippen LogP contribution in [0.1, 0.15) is 0 Å². The van der Waals surface area contributed by atoms with Crippen molar-refractivity contribution in [1.82, 2.24) is 0 Å². The first-order valence-electron chi connectivity index (χ1n) is 5.57. The molecule has 0 atom stereocenters. The molecule has 19 heavy (non-hydrogen) atoms. The van der Waals surface area contributed by atoms with Crippen molar-refractivity contribution in [3.05, 3.63) is 41.1 Å². The van der Waals surface area contributed by atoms with Crippen molar-refractivity contribution in [2.45, 2.75) is 4.90 Å². The lowest BCUT2D eigenvalue weighted by atomic mass is 10.3. The van der Waals surface area contributed by atoms with E-state index >= 15 is 0 Å². The molecule has 102 valence electrons. The molecule has 0 amide bonds. The minimum absolute atomic E-state index is 0.0574. The molecule has 0 saturated heterocycles. The van der Waals surface area contributed by atoms with Crippen LogP contribution in [0.4, 0.5) is 11.4 Å². The molecule has 2 rings (SSSR count). The van der Waals surface area contributed by atoms with E-state index in [4.69, 9.17) is 5.73 Å². The van der Waals surface area contributed by atoms with E-state index in [1.165, 1.54) is 23.1 Å². The topological polar surface area (TPSA) is 72.2 Å². The van der Waals surface area contributed by atoms with Gasteiger partial charge in [-0.15, -0.1) is 11.8 Å². The standard InChI is InChI=1S/C12H14N2O2S3/c13-11-3-1-2-4-12(11)18-7-8-19(15,16)14-10-5-6-17-9-10/h1-6,9,14H,7-8,13H2. The summed E-state index contributed by atoms with van der Waals surface area (Å²) in [6.07, 6.45) is 0. The summed E-state index contributed by atoms with van der Waals surface area (Å²) in [4.78, 5) is 0.910. The van der Waals surface area contributed by atoms with Gasteiger partial charge in [0.1, 0.15) is 0 Å². The summed E-state index contributed by atoms with van der Waals surface area (Å²) in [5, 5.41) is 3.59. The van der Waals surface area contributed by atoms with Gasteiger partial charge in [0.15, 0.2) is 0 Å². The molecule has 0 radical (unpaired) electrons. The fraction of sp³-hybridized carbons (Fsp3) is 0.167. The Balaban J connectivity index is 1.87. The van der Waals surface area contributed by atoms with Crippen LogP contribution in [0.25, 0.3) is 0 Å². The highest BCUT2D eigenvalue weighted by Gasteiger charge is 2.11. The number of thiophene rings is 1. The van der Waals surface area contributed by atoms with E-state index in [0.717, 1.165) is 4.90 Å². The average molecular weight is 314 g/mol. The van der Waals surface area contributed by atoms with E-state index in [-0.39, 0.29) is 5.75 Å². The molecular weight excluding hydrogens is 300 g/mol. The summed E-state index contributed by atoms with van der Waals surface area (Å²) < 4.78 is 26.2. The fourth-order valence-corrected chi connectivity index (χ4v) is 4.52. The Hall–Kier alpha value is -1.18. The highest BCUT2D eigenvalue weighted by molar-refractivity contribution is 8.01. The highest BCUT2D eigenvalue weighted by atomic mass is 32.2. The third-order valence-electron chi connectivity index (χ3n) is 2.32. The van der Waals surface area contributed by atoms with Crippen molar-refractivity contribution < 1.29 is 8.42 Å². The second-order valence-electron chi connectivity index (χ2n) is 3.82. The third kappa shape index (κ3) is 4.45.